The van der Waals surface area contributed by atoms with Gasteiger partial charge in [0.1, 0.15) is 5.75 Å². The summed E-state index contributed by atoms with van der Waals surface area (Å²) >= 11 is 1.20. The molecule has 0 aliphatic carbocycles. The summed E-state index contributed by atoms with van der Waals surface area (Å²) in [4.78, 5) is 27.0. The van der Waals surface area contributed by atoms with E-state index in [9.17, 15) is 9.59 Å². The van der Waals surface area contributed by atoms with Crippen molar-refractivity contribution in [1.29, 1.82) is 0 Å². The van der Waals surface area contributed by atoms with Gasteiger partial charge < -0.3 is 9.47 Å². The lowest BCUT2D eigenvalue weighted by atomic mass is 10.1. The monoisotopic (exact) mass is 291 g/mol. The van der Waals surface area contributed by atoms with Gasteiger partial charge in [-0.3, -0.25) is 4.79 Å². The maximum atomic E-state index is 11.6. The minimum atomic E-state index is -0.554. The number of amides is 1. The van der Waals surface area contributed by atoms with Crippen molar-refractivity contribution in [2.45, 2.75) is 6.42 Å². The molecule has 0 aromatic heterocycles. The smallest absolute Gasteiger partial charge is 0.331 e. The second-order valence-corrected chi connectivity index (χ2v) is 5.08. The first-order valence-electron chi connectivity index (χ1n) is 5.84. The maximum Gasteiger partial charge on any atom is 0.331 e. The molecule has 0 fully saturated rings. The largest absolute Gasteiger partial charge is 0.497 e. The summed E-state index contributed by atoms with van der Waals surface area (Å²) in [7, 11) is 2.87. The fourth-order valence-corrected chi connectivity index (χ4v) is 2.52. The Morgan fingerprint density at radius 2 is 2.00 bits per heavy atom. The number of hydrogen-bond acceptors (Lipinski definition) is 5. The highest BCUT2D eigenvalue weighted by Gasteiger charge is 2.22. The van der Waals surface area contributed by atoms with Crippen molar-refractivity contribution in [2.24, 2.45) is 4.99 Å². The van der Waals surface area contributed by atoms with Gasteiger partial charge in [-0.05, 0) is 17.7 Å². The number of carbonyl (C=O) groups is 2. The van der Waals surface area contributed by atoms with Gasteiger partial charge in [0, 0.05) is 12.5 Å². The molecule has 0 radical (unpaired) electrons. The number of aliphatic imine (C=N–C) groups is 1. The van der Waals surface area contributed by atoms with E-state index in [1.54, 1.807) is 7.11 Å². The van der Waals surface area contributed by atoms with E-state index in [0.29, 0.717) is 16.4 Å². The zero-order valence-corrected chi connectivity index (χ0v) is 11.9. The highest BCUT2D eigenvalue weighted by atomic mass is 32.2. The number of thioether (sulfide) groups is 1. The lowest BCUT2D eigenvalue weighted by Crippen LogP contribution is -1.98. The van der Waals surface area contributed by atoms with Crippen molar-refractivity contribution < 1.29 is 19.1 Å². The molecule has 1 aliphatic rings. The van der Waals surface area contributed by atoms with E-state index in [-0.39, 0.29) is 0 Å². The molecular weight excluding hydrogens is 278 g/mol. The highest BCUT2D eigenvalue weighted by Crippen LogP contribution is 2.28. The minimum Gasteiger partial charge on any atom is -0.497 e. The molecule has 5 nitrogen and oxygen atoms in total. The zero-order valence-electron chi connectivity index (χ0n) is 11.1. The number of carbonyl (C=O) groups excluding carboxylic acids is 2. The van der Waals surface area contributed by atoms with Gasteiger partial charge in [-0.1, -0.05) is 23.9 Å². The van der Waals surface area contributed by atoms with E-state index < -0.39 is 11.9 Å². The van der Waals surface area contributed by atoms with Crippen molar-refractivity contribution in [2.75, 3.05) is 14.2 Å². The number of methoxy groups -OCH3 is 2. The molecule has 1 aliphatic heterocycles. The number of hydrogen-bond donors (Lipinski definition) is 0. The Labute approximate surface area is 120 Å². The molecule has 20 heavy (non-hydrogen) atoms. The predicted molar refractivity (Wildman–Crippen MR) is 76.8 cm³/mol. The zero-order chi connectivity index (χ0) is 14.5. The lowest BCUT2D eigenvalue weighted by molar-refractivity contribution is -0.135. The van der Waals surface area contributed by atoms with Gasteiger partial charge in [0.25, 0.3) is 5.91 Å². The summed E-state index contributed by atoms with van der Waals surface area (Å²) in [5, 5.41) is 0.662. The predicted octanol–water partition coefficient (Wildman–Crippen LogP) is 1.97. The van der Waals surface area contributed by atoms with Crippen molar-refractivity contribution in [3.8, 4) is 5.75 Å². The van der Waals surface area contributed by atoms with Crippen LogP contribution in [0.1, 0.15) is 5.56 Å². The first-order valence-corrected chi connectivity index (χ1v) is 6.66. The van der Waals surface area contributed by atoms with Crippen LogP contribution >= 0.6 is 11.8 Å². The third kappa shape index (κ3) is 3.48. The third-order valence-corrected chi connectivity index (χ3v) is 3.61. The maximum absolute atomic E-state index is 11.6. The van der Waals surface area contributed by atoms with Crippen LogP contribution in [0.4, 0.5) is 0 Å². The van der Waals surface area contributed by atoms with E-state index in [4.69, 9.17) is 4.74 Å². The quantitative estimate of drug-likeness (QED) is 0.627. The Kier molecular flexibility index (Phi) is 4.57. The second kappa shape index (κ2) is 6.38. The van der Waals surface area contributed by atoms with Gasteiger partial charge in [-0.25, -0.2) is 9.79 Å². The minimum absolute atomic E-state index is 0.292. The van der Waals surface area contributed by atoms with Crippen LogP contribution in [0.2, 0.25) is 0 Å². The number of esters is 1. The van der Waals surface area contributed by atoms with Crippen LogP contribution in [0.5, 0.6) is 5.75 Å². The number of nitrogens with zero attached hydrogens (tertiary/aromatic N) is 1. The van der Waals surface area contributed by atoms with Gasteiger partial charge in [0.2, 0.25) is 0 Å². The molecule has 1 heterocycles. The molecule has 0 bridgehead atoms. The lowest BCUT2D eigenvalue weighted by Gasteiger charge is -2.02. The molecular formula is C14H13NO4S. The molecule has 0 atom stereocenters. The molecule has 6 heteroatoms. The van der Waals surface area contributed by atoms with E-state index in [1.165, 1.54) is 18.9 Å². The van der Waals surface area contributed by atoms with Crippen LogP contribution in [-0.4, -0.2) is 31.1 Å². The molecule has 1 amide bonds. The summed E-state index contributed by atoms with van der Waals surface area (Å²) in [6.07, 6.45) is 1.70. The highest BCUT2D eigenvalue weighted by molar-refractivity contribution is 8.18. The topological polar surface area (TPSA) is 65.0 Å². The Bertz CT molecular complexity index is 590. The summed E-state index contributed by atoms with van der Waals surface area (Å²) in [5.41, 5.74) is 1.02. The van der Waals surface area contributed by atoms with Gasteiger partial charge in [0.05, 0.1) is 24.2 Å². The van der Waals surface area contributed by atoms with Crippen LogP contribution in [0.25, 0.3) is 0 Å². The van der Waals surface area contributed by atoms with Crippen LogP contribution in [0.3, 0.4) is 0 Å². The van der Waals surface area contributed by atoms with Crippen molar-refractivity contribution in [3.63, 3.8) is 0 Å². The number of rotatable bonds is 4. The van der Waals surface area contributed by atoms with Gasteiger partial charge in [-0.15, -0.1) is 0 Å². The van der Waals surface area contributed by atoms with Crippen LogP contribution in [0.15, 0.2) is 40.2 Å². The summed E-state index contributed by atoms with van der Waals surface area (Å²) in [6, 6.07) is 7.52. The van der Waals surface area contributed by atoms with Crippen LogP contribution in [-0.2, 0) is 20.7 Å². The third-order valence-electron chi connectivity index (χ3n) is 2.63. The van der Waals surface area contributed by atoms with Crippen LogP contribution in [0, 0.1) is 0 Å². The molecule has 1 aromatic carbocycles. The molecule has 0 spiro atoms. The van der Waals surface area contributed by atoms with Crippen molar-refractivity contribution >= 4 is 28.7 Å². The standard InChI is InChI=1S/C14H13NO4S/c1-18-10-5-3-9(4-6-10)7-12-15-14(17)11(20-12)8-13(16)19-2/h3-6,8H,7H2,1-2H3/b11-8-. The Balaban J connectivity index is 2.04. The van der Waals surface area contributed by atoms with E-state index in [1.807, 2.05) is 24.3 Å². The molecule has 0 saturated heterocycles. The summed E-state index contributed by atoms with van der Waals surface area (Å²) < 4.78 is 9.57. The van der Waals surface area contributed by atoms with Crippen LogP contribution < -0.4 is 4.74 Å². The molecule has 1 aromatic rings. The summed E-state index contributed by atoms with van der Waals surface area (Å²) in [5.74, 6) is -0.178. The van der Waals surface area contributed by atoms with E-state index >= 15 is 0 Å². The fourth-order valence-electron chi connectivity index (χ4n) is 1.61. The first-order chi connectivity index (χ1) is 9.62. The average Bonchev–Trinajstić information content (AvgIpc) is 2.79. The second-order valence-electron chi connectivity index (χ2n) is 3.97. The van der Waals surface area contributed by atoms with Crippen molar-refractivity contribution in [1.82, 2.24) is 0 Å². The Morgan fingerprint density at radius 3 is 2.60 bits per heavy atom. The average molecular weight is 291 g/mol. The summed E-state index contributed by atoms with van der Waals surface area (Å²) in [6.45, 7) is 0. The fraction of sp³-hybridized carbons (Fsp3) is 0.214. The Hall–Kier alpha value is -2.08. The van der Waals surface area contributed by atoms with Gasteiger partial charge in [0.15, 0.2) is 0 Å². The molecule has 0 saturated carbocycles. The number of ether oxygens (including phenoxy) is 2. The first kappa shape index (κ1) is 14.3. The molecule has 0 N–H and O–H groups in total. The van der Waals surface area contributed by atoms with E-state index in [2.05, 4.69) is 9.73 Å². The Morgan fingerprint density at radius 1 is 1.30 bits per heavy atom. The molecule has 104 valence electrons. The number of benzene rings is 1. The van der Waals surface area contributed by atoms with Gasteiger partial charge in [-0.2, -0.15) is 0 Å². The molecule has 2 rings (SSSR count). The normalized spacial score (nSPS) is 16.2. The SMILES string of the molecule is COC(=O)/C=C1\SC(Cc2ccc(OC)cc2)=NC1=O. The van der Waals surface area contributed by atoms with E-state index in [0.717, 1.165) is 17.4 Å². The van der Waals surface area contributed by atoms with Gasteiger partial charge >= 0.3 is 5.97 Å². The molecule has 0 unspecified atom stereocenters. The van der Waals surface area contributed by atoms with Crippen molar-refractivity contribution in [3.05, 3.63) is 40.8 Å².